The molecule has 0 aliphatic carbocycles. The highest BCUT2D eigenvalue weighted by Gasteiger charge is 2.24. The normalized spacial score (nSPS) is 14.2. The van der Waals surface area contributed by atoms with E-state index in [0.29, 0.717) is 17.2 Å². The van der Waals surface area contributed by atoms with E-state index in [-0.39, 0.29) is 5.91 Å². The van der Waals surface area contributed by atoms with Gasteiger partial charge in [0.25, 0.3) is 5.91 Å². The Kier molecular flexibility index (Phi) is 4.46. The van der Waals surface area contributed by atoms with E-state index in [1.165, 1.54) is 0 Å². The lowest BCUT2D eigenvalue weighted by Crippen LogP contribution is -2.03. The molecule has 0 unspecified atom stereocenters. The summed E-state index contributed by atoms with van der Waals surface area (Å²) in [6.45, 7) is 0.523. The van der Waals surface area contributed by atoms with Crippen molar-refractivity contribution in [1.82, 2.24) is 0 Å². The van der Waals surface area contributed by atoms with Gasteiger partial charge in [-0.05, 0) is 47.5 Å². The molecule has 3 aromatic rings. The first-order valence-electron chi connectivity index (χ1n) is 8.29. The number of halogens is 1. The second-order valence-electron chi connectivity index (χ2n) is 6.05. The van der Waals surface area contributed by atoms with Gasteiger partial charge in [0.2, 0.25) is 0 Å². The molecule has 1 aliphatic heterocycles. The Balaban J connectivity index is 1.52. The Morgan fingerprint density at radius 2 is 1.73 bits per heavy atom. The van der Waals surface area contributed by atoms with Crippen LogP contribution in [0.25, 0.3) is 11.6 Å². The van der Waals surface area contributed by atoms with E-state index < -0.39 is 0 Å². The fourth-order valence-corrected chi connectivity index (χ4v) is 3.04. The van der Waals surface area contributed by atoms with Crippen LogP contribution in [0.4, 0.5) is 5.69 Å². The molecule has 0 spiro atoms. The number of fused-ring (bicyclic) bond motifs is 1. The van der Waals surface area contributed by atoms with Crippen molar-refractivity contribution in [2.45, 2.75) is 6.61 Å². The highest BCUT2D eigenvalue weighted by atomic mass is 35.5. The van der Waals surface area contributed by atoms with Gasteiger partial charge in [0.05, 0.1) is 0 Å². The predicted octanol–water partition coefficient (Wildman–Crippen LogP) is 5.41. The van der Waals surface area contributed by atoms with E-state index in [1.807, 2.05) is 66.7 Å². The van der Waals surface area contributed by atoms with Crippen molar-refractivity contribution >= 4 is 34.8 Å². The smallest absolute Gasteiger partial charge is 0.256 e. The van der Waals surface area contributed by atoms with Gasteiger partial charge in [-0.3, -0.25) is 4.79 Å². The SMILES string of the molecule is O=C1Nc2ccc(Cl)cc2/C1=C/c1ccc(OCc2ccccc2)cc1. The second-order valence-corrected chi connectivity index (χ2v) is 6.48. The monoisotopic (exact) mass is 361 g/mol. The zero-order chi connectivity index (χ0) is 17.9. The molecule has 0 aromatic heterocycles. The first-order chi connectivity index (χ1) is 12.7. The molecule has 0 bridgehead atoms. The minimum atomic E-state index is -0.119. The number of amides is 1. The average molecular weight is 362 g/mol. The van der Waals surface area contributed by atoms with Crippen molar-refractivity contribution in [2.24, 2.45) is 0 Å². The maximum absolute atomic E-state index is 12.2. The molecule has 26 heavy (non-hydrogen) atoms. The van der Waals surface area contributed by atoms with Crippen molar-refractivity contribution in [2.75, 3.05) is 5.32 Å². The van der Waals surface area contributed by atoms with Gasteiger partial charge in [-0.2, -0.15) is 0 Å². The molecule has 0 saturated carbocycles. The van der Waals surface area contributed by atoms with Crippen LogP contribution in [-0.2, 0) is 11.4 Å². The number of anilines is 1. The van der Waals surface area contributed by atoms with Crippen LogP contribution < -0.4 is 10.1 Å². The lowest BCUT2D eigenvalue weighted by Gasteiger charge is -2.06. The van der Waals surface area contributed by atoms with E-state index in [4.69, 9.17) is 16.3 Å². The van der Waals surface area contributed by atoms with Gasteiger partial charge in [0.15, 0.2) is 0 Å². The van der Waals surface area contributed by atoms with Crippen molar-refractivity contribution in [3.8, 4) is 5.75 Å². The fraction of sp³-hybridized carbons (Fsp3) is 0.0455. The summed E-state index contributed by atoms with van der Waals surface area (Å²) < 4.78 is 5.79. The molecule has 1 aliphatic rings. The maximum Gasteiger partial charge on any atom is 0.256 e. The zero-order valence-corrected chi connectivity index (χ0v) is 14.7. The van der Waals surface area contributed by atoms with Crippen LogP contribution in [0.2, 0.25) is 5.02 Å². The summed E-state index contributed by atoms with van der Waals surface area (Å²) in [6, 6.07) is 23.1. The largest absolute Gasteiger partial charge is 0.489 e. The number of carbonyl (C=O) groups is 1. The minimum absolute atomic E-state index is 0.119. The molecular formula is C22H16ClNO2. The number of ether oxygens (including phenoxy) is 1. The molecule has 1 N–H and O–H groups in total. The molecule has 1 heterocycles. The number of rotatable bonds is 4. The highest BCUT2D eigenvalue weighted by molar-refractivity contribution is 6.36. The summed E-state index contributed by atoms with van der Waals surface area (Å²) in [5.74, 6) is 0.669. The number of benzene rings is 3. The van der Waals surface area contributed by atoms with Gasteiger partial charge < -0.3 is 10.1 Å². The van der Waals surface area contributed by atoms with E-state index >= 15 is 0 Å². The molecular weight excluding hydrogens is 346 g/mol. The quantitative estimate of drug-likeness (QED) is 0.631. The lowest BCUT2D eigenvalue weighted by atomic mass is 10.0. The third-order valence-corrected chi connectivity index (χ3v) is 4.44. The Hall–Kier alpha value is -3.04. The second kappa shape index (κ2) is 7.06. The summed E-state index contributed by atoms with van der Waals surface area (Å²) in [7, 11) is 0. The van der Waals surface area contributed by atoms with Crippen LogP contribution in [0, 0.1) is 0 Å². The first-order valence-corrected chi connectivity index (χ1v) is 8.66. The van der Waals surface area contributed by atoms with Crippen LogP contribution in [0.1, 0.15) is 16.7 Å². The van der Waals surface area contributed by atoms with Crippen LogP contribution in [0.5, 0.6) is 5.75 Å². The third kappa shape index (κ3) is 3.48. The van der Waals surface area contributed by atoms with E-state index in [0.717, 1.165) is 28.1 Å². The molecule has 0 radical (unpaired) electrons. The Labute approximate surface area is 156 Å². The summed E-state index contributed by atoms with van der Waals surface area (Å²) in [5.41, 5.74) is 4.27. The Bertz CT molecular complexity index is 979. The first kappa shape index (κ1) is 16.4. The van der Waals surface area contributed by atoms with E-state index in [1.54, 1.807) is 12.1 Å². The Morgan fingerprint density at radius 1 is 0.962 bits per heavy atom. The molecule has 4 rings (SSSR count). The summed E-state index contributed by atoms with van der Waals surface area (Å²) in [6.07, 6.45) is 1.86. The van der Waals surface area contributed by atoms with Crippen molar-refractivity contribution in [3.63, 3.8) is 0 Å². The minimum Gasteiger partial charge on any atom is -0.489 e. The standard InChI is InChI=1S/C22H16ClNO2/c23-17-8-11-21-19(13-17)20(22(25)24-21)12-15-6-9-18(10-7-15)26-14-16-4-2-1-3-5-16/h1-13H,14H2,(H,24,25)/b20-12-. The van der Waals surface area contributed by atoms with E-state index in [2.05, 4.69) is 5.32 Å². The van der Waals surface area contributed by atoms with Gasteiger partial charge in [0.1, 0.15) is 12.4 Å². The summed E-state index contributed by atoms with van der Waals surface area (Å²) >= 11 is 6.06. The molecule has 0 atom stereocenters. The van der Waals surface area contributed by atoms with Crippen LogP contribution in [0.3, 0.4) is 0 Å². The van der Waals surface area contributed by atoms with Gasteiger partial charge in [-0.15, -0.1) is 0 Å². The van der Waals surface area contributed by atoms with Crippen LogP contribution in [-0.4, -0.2) is 5.91 Å². The molecule has 0 fully saturated rings. The van der Waals surface area contributed by atoms with Gasteiger partial charge >= 0.3 is 0 Å². The predicted molar refractivity (Wildman–Crippen MR) is 105 cm³/mol. The highest BCUT2D eigenvalue weighted by Crippen LogP contribution is 2.35. The topological polar surface area (TPSA) is 38.3 Å². The molecule has 128 valence electrons. The number of hydrogen-bond acceptors (Lipinski definition) is 2. The zero-order valence-electron chi connectivity index (χ0n) is 13.9. The fourth-order valence-electron chi connectivity index (χ4n) is 2.87. The molecule has 1 amide bonds. The van der Waals surface area contributed by atoms with Crippen molar-refractivity contribution in [3.05, 3.63) is 94.5 Å². The van der Waals surface area contributed by atoms with Crippen molar-refractivity contribution < 1.29 is 9.53 Å². The molecule has 3 aromatic carbocycles. The number of carbonyl (C=O) groups excluding carboxylic acids is 1. The molecule has 0 saturated heterocycles. The summed E-state index contributed by atoms with van der Waals surface area (Å²) in [5, 5.41) is 3.46. The molecule has 3 nitrogen and oxygen atoms in total. The lowest BCUT2D eigenvalue weighted by molar-refractivity contribution is -0.110. The number of nitrogens with one attached hydrogen (secondary N) is 1. The van der Waals surface area contributed by atoms with Gasteiger partial charge in [0, 0.05) is 21.8 Å². The average Bonchev–Trinajstić information content (AvgIpc) is 2.97. The van der Waals surface area contributed by atoms with Gasteiger partial charge in [-0.25, -0.2) is 0 Å². The Morgan fingerprint density at radius 3 is 2.50 bits per heavy atom. The van der Waals surface area contributed by atoms with Crippen molar-refractivity contribution in [1.29, 1.82) is 0 Å². The number of hydrogen-bond donors (Lipinski definition) is 1. The van der Waals surface area contributed by atoms with Crippen LogP contribution >= 0.6 is 11.6 Å². The third-order valence-electron chi connectivity index (χ3n) is 4.20. The molecule has 4 heteroatoms. The van der Waals surface area contributed by atoms with Gasteiger partial charge in [-0.1, -0.05) is 54.1 Å². The van der Waals surface area contributed by atoms with E-state index in [9.17, 15) is 4.79 Å². The maximum atomic E-state index is 12.2. The summed E-state index contributed by atoms with van der Waals surface area (Å²) in [4.78, 5) is 12.2. The van der Waals surface area contributed by atoms with Crippen LogP contribution in [0.15, 0.2) is 72.8 Å².